The summed E-state index contributed by atoms with van der Waals surface area (Å²) in [5.41, 5.74) is 6.76. The summed E-state index contributed by atoms with van der Waals surface area (Å²) < 4.78 is 40.5. The number of benzene rings is 2. The Hall–Kier alpha value is -4.35. The van der Waals surface area contributed by atoms with Crippen LogP contribution in [-0.4, -0.2) is 32.6 Å². The van der Waals surface area contributed by atoms with Crippen LogP contribution in [0.25, 0.3) is 16.9 Å². The van der Waals surface area contributed by atoms with Crippen LogP contribution < -0.4 is 21.7 Å². The number of anilines is 4. The first-order chi connectivity index (χ1) is 15.2. The third-order valence-electron chi connectivity index (χ3n) is 4.51. The summed E-state index contributed by atoms with van der Waals surface area (Å²) in [5, 5.41) is 7.87. The lowest BCUT2D eigenvalue weighted by Gasteiger charge is -2.12. The third kappa shape index (κ3) is 4.24. The Labute approximate surface area is 179 Å². The fraction of sp³-hybridized carbons (Fsp3) is 0.100. The standard InChI is InChI=1S/C20H17F3N8O/c1-25-17-16-18(27-9-26-17)31(10-28-16)15-4-2-13(3-5-15)29-19(32)30-14-7-11(20(21,22)23)6-12(24)8-14/h2-10H,24H2,1H3,(H,25,26,27)(H2,29,30,32). The summed E-state index contributed by atoms with van der Waals surface area (Å²) in [6.07, 6.45) is -1.55. The number of imidazole rings is 1. The number of rotatable bonds is 4. The molecule has 0 spiro atoms. The molecule has 0 aliphatic carbocycles. The van der Waals surface area contributed by atoms with Gasteiger partial charge < -0.3 is 21.7 Å². The molecule has 2 heterocycles. The zero-order valence-corrected chi connectivity index (χ0v) is 16.6. The molecule has 0 radical (unpaired) electrons. The summed E-state index contributed by atoms with van der Waals surface area (Å²) >= 11 is 0. The minimum Gasteiger partial charge on any atom is -0.399 e. The fourth-order valence-electron chi connectivity index (χ4n) is 3.09. The molecule has 0 unspecified atom stereocenters. The first-order valence-electron chi connectivity index (χ1n) is 9.26. The summed E-state index contributed by atoms with van der Waals surface area (Å²) in [6.45, 7) is 0. The molecule has 2 aromatic heterocycles. The molecule has 0 aliphatic heterocycles. The van der Waals surface area contributed by atoms with Gasteiger partial charge in [0.1, 0.15) is 12.7 Å². The molecule has 4 rings (SSSR count). The largest absolute Gasteiger partial charge is 0.416 e. The van der Waals surface area contributed by atoms with Crippen LogP contribution in [-0.2, 0) is 6.18 Å². The molecule has 0 atom stereocenters. The minimum atomic E-state index is -4.57. The van der Waals surface area contributed by atoms with Gasteiger partial charge in [0.15, 0.2) is 17.0 Å². The molecule has 0 saturated heterocycles. The van der Waals surface area contributed by atoms with Gasteiger partial charge in [-0.3, -0.25) is 4.57 Å². The van der Waals surface area contributed by atoms with E-state index in [0.29, 0.717) is 22.7 Å². The van der Waals surface area contributed by atoms with Crippen LogP contribution in [0.15, 0.2) is 55.1 Å². The van der Waals surface area contributed by atoms with E-state index in [1.165, 1.54) is 12.4 Å². The molecule has 2 aromatic carbocycles. The first kappa shape index (κ1) is 20.9. The highest BCUT2D eigenvalue weighted by Gasteiger charge is 2.31. The van der Waals surface area contributed by atoms with E-state index >= 15 is 0 Å². The molecular formula is C20H17F3N8O. The lowest BCUT2D eigenvalue weighted by atomic mass is 10.1. The number of nitrogens with zero attached hydrogens (tertiary/aromatic N) is 4. The molecule has 0 bridgehead atoms. The quantitative estimate of drug-likeness (QED) is 0.353. The number of carbonyl (C=O) groups is 1. The van der Waals surface area contributed by atoms with E-state index in [1.807, 2.05) is 0 Å². The summed E-state index contributed by atoms with van der Waals surface area (Å²) in [4.78, 5) is 24.9. The van der Waals surface area contributed by atoms with Gasteiger partial charge in [-0.15, -0.1) is 0 Å². The van der Waals surface area contributed by atoms with E-state index in [0.717, 1.165) is 17.8 Å². The number of hydrogen-bond acceptors (Lipinski definition) is 6. The van der Waals surface area contributed by atoms with Crippen molar-refractivity contribution >= 4 is 40.1 Å². The molecule has 164 valence electrons. The van der Waals surface area contributed by atoms with Crippen molar-refractivity contribution in [3.8, 4) is 5.69 Å². The number of nitrogens with two attached hydrogens (primary N) is 1. The third-order valence-corrected chi connectivity index (χ3v) is 4.51. The van der Waals surface area contributed by atoms with Crippen molar-refractivity contribution in [2.45, 2.75) is 6.18 Å². The van der Waals surface area contributed by atoms with Crippen LogP contribution in [0.1, 0.15) is 5.56 Å². The van der Waals surface area contributed by atoms with Gasteiger partial charge in [0, 0.05) is 29.8 Å². The van der Waals surface area contributed by atoms with Gasteiger partial charge in [-0.05, 0) is 42.5 Å². The molecule has 12 heteroatoms. The second kappa shape index (κ2) is 8.06. The van der Waals surface area contributed by atoms with Crippen LogP contribution in [0.4, 0.5) is 40.8 Å². The average Bonchev–Trinajstić information content (AvgIpc) is 3.17. The minimum absolute atomic E-state index is 0.0728. The van der Waals surface area contributed by atoms with Crippen LogP contribution in [0, 0.1) is 0 Å². The Morgan fingerprint density at radius 2 is 1.72 bits per heavy atom. The maximum Gasteiger partial charge on any atom is 0.416 e. The number of halogens is 3. The molecule has 0 saturated carbocycles. The van der Waals surface area contributed by atoms with Gasteiger partial charge in [-0.1, -0.05) is 0 Å². The molecule has 5 N–H and O–H groups in total. The van der Waals surface area contributed by atoms with Crippen molar-refractivity contribution < 1.29 is 18.0 Å². The van der Waals surface area contributed by atoms with E-state index in [4.69, 9.17) is 5.73 Å². The Morgan fingerprint density at radius 3 is 2.41 bits per heavy atom. The molecule has 4 aromatic rings. The smallest absolute Gasteiger partial charge is 0.399 e. The molecule has 0 aliphatic rings. The fourth-order valence-corrected chi connectivity index (χ4v) is 3.09. The van der Waals surface area contributed by atoms with Crippen molar-refractivity contribution in [2.24, 2.45) is 0 Å². The van der Waals surface area contributed by atoms with Crippen LogP contribution in [0.2, 0.25) is 0 Å². The number of hydrogen-bond donors (Lipinski definition) is 4. The normalized spacial score (nSPS) is 11.4. The number of nitrogen functional groups attached to an aromatic ring is 1. The van der Waals surface area contributed by atoms with Crippen molar-refractivity contribution in [1.82, 2.24) is 19.5 Å². The maximum absolute atomic E-state index is 12.9. The van der Waals surface area contributed by atoms with Crippen molar-refractivity contribution in [1.29, 1.82) is 0 Å². The predicted octanol–water partition coefficient (Wildman–Crippen LogP) is 4.10. The molecule has 32 heavy (non-hydrogen) atoms. The molecule has 2 amide bonds. The Kier molecular flexibility index (Phi) is 5.26. The van der Waals surface area contributed by atoms with Gasteiger partial charge in [0.2, 0.25) is 0 Å². The van der Waals surface area contributed by atoms with Gasteiger partial charge >= 0.3 is 12.2 Å². The summed E-state index contributed by atoms with van der Waals surface area (Å²) in [6, 6.07) is 8.89. The lowest BCUT2D eigenvalue weighted by Crippen LogP contribution is -2.20. The first-order valence-corrected chi connectivity index (χ1v) is 9.26. The maximum atomic E-state index is 12.9. The van der Waals surface area contributed by atoms with Gasteiger partial charge in [0.05, 0.1) is 5.56 Å². The Morgan fingerprint density at radius 1 is 1.00 bits per heavy atom. The highest BCUT2D eigenvalue weighted by atomic mass is 19.4. The SMILES string of the molecule is CNc1ncnc2c1ncn2-c1ccc(NC(=O)Nc2cc(N)cc(C(F)(F)F)c2)cc1. The highest BCUT2D eigenvalue weighted by molar-refractivity contribution is 6.00. The van der Waals surface area contributed by atoms with E-state index in [1.54, 1.807) is 42.2 Å². The van der Waals surface area contributed by atoms with E-state index < -0.39 is 17.8 Å². The number of amides is 2. The zero-order valence-electron chi connectivity index (χ0n) is 16.6. The van der Waals surface area contributed by atoms with Crippen LogP contribution in [0.5, 0.6) is 0 Å². The number of nitrogens with one attached hydrogen (secondary N) is 3. The molecular weight excluding hydrogens is 425 g/mol. The monoisotopic (exact) mass is 442 g/mol. The summed E-state index contributed by atoms with van der Waals surface area (Å²) in [7, 11) is 1.74. The lowest BCUT2D eigenvalue weighted by molar-refractivity contribution is -0.137. The number of aromatic nitrogens is 4. The summed E-state index contributed by atoms with van der Waals surface area (Å²) in [5.74, 6) is 0.596. The average molecular weight is 442 g/mol. The van der Waals surface area contributed by atoms with Crippen molar-refractivity contribution in [2.75, 3.05) is 28.7 Å². The van der Waals surface area contributed by atoms with Gasteiger partial charge in [-0.25, -0.2) is 19.7 Å². The van der Waals surface area contributed by atoms with E-state index in [-0.39, 0.29) is 11.4 Å². The van der Waals surface area contributed by atoms with E-state index in [9.17, 15) is 18.0 Å². The number of alkyl halides is 3. The highest BCUT2D eigenvalue weighted by Crippen LogP contribution is 2.32. The molecule has 0 fully saturated rings. The number of urea groups is 1. The topological polar surface area (TPSA) is 123 Å². The van der Waals surface area contributed by atoms with Crippen molar-refractivity contribution in [3.63, 3.8) is 0 Å². The zero-order chi connectivity index (χ0) is 22.9. The van der Waals surface area contributed by atoms with E-state index in [2.05, 4.69) is 30.9 Å². The Balaban J connectivity index is 1.49. The molecule has 9 nitrogen and oxygen atoms in total. The number of fused-ring (bicyclic) bond motifs is 1. The van der Waals surface area contributed by atoms with Gasteiger partial charge in [0.25, 0.3) is 0 Å². The van der Waals surface area contributed by atoms with Crippen LogP contribution in [0.3, 0.4) is 0 Å². The predicted molar refractivity (Wildman–Crippen MR) is 115 cm³/mol. The van der Waals surface area contributed by atoms with Crippen LogP contribution >= 0.6 is 0 Å². The van der Waals surface area contributed by atoms with Gasteiger partial charge in [-0.2, -0.15) is 13.2 Å². The second-order valence-corrected chi connectivity index (χ2v) is 6.73. The van der Waals surface area contributed by atoms with Crippen molar-refractivity contribution in [3.05, 3.63) is 60.7 Å². The second-order valence-electron chi connectivity index (χ2n) is 6.73. The Bertz CT molecular complexity index is 1280. The number of carbonyl (C=O) groups excluding carboxylic acids is 1.